The van der Waals surface area contributed by atoms with Crippen LogP contribution in [0.2, 0.25) is 0 Å². The fraction of sp³-hybridized carbons (Fsp3) is 0.435. The van der Waals surface area contributed by atoms with Crippen molar-refractivity contribution in [1.29, 1.82) is 0 Å². The third kappa shape index (κ3) is 3.83. The molecule has 2 aromatic carbocycles. The Labute approximate surface area is 156 Å². The molecule has 4 rings (SSSR count). The molecular weight excluding hydrogens is 320 g/mol. The third-order valence-corrected chi connectivity index (χ3v) is 5.90. The average molecular weight is 348 g/mol. The number of fused-ring (bicyclic) bond motifs is 1. The molecule has 2 saturated heterocycles. The van der Waals surface area contributed by atoms with Gasteiger partial charge in [-0.05, 0) is 49.5 Å². The molecule has 3 nitrogen and oxygen atoms in total. The maximum absolute atomic E-state index is 12.7. The van der Waals surface area contributed by atoms with E-state index in [0.29, 0.717) is 0 Å². The van der Waals surface area contributed by atoms with Gasteiger partial charge in [-0.2, -0.15) is 0 Å². The molecule has 2 fully saturated rings. The lowest BCUT2D eigenvalue weighted by molar-refractivity contribution is 0.103. The van der Waals surface area contributed by atoms with E-state index in [0.717, 1.165) is 35.5 Å². The first-order chi connectivity index (χ1) is 12.8. The van der Waals surface area contributed by atoms with Gasteiger partial charge in [0.1, 0.15) is 0 Å². The van der Waals surface area contributed by atoms with Gasteiger partial charge in [0.15, 0.2) is 5.78 Å². The Morgan fingerprint density at radius 2 is 1.62 bits per heavy atom. The summed E-state index contributed by atoms with van der Waals surface area (Å²) < 4.78 is 0. The van der Waals surface area contributed by atoms with Gasteiger partial charge in [-0.15, -0.1) is 0 Å². The van der Waals surface area contributed by atoms with Gasteiger partial charge >= 0.3 is 0 Å². The molecular formula is C23H28N2O. The van der Waals surface area contributed by atoms with E-state index in [1.54, 1.807) is 6.08 Å². The number of nitrogens with zero attached hydrogens (tertiary/aromatic N) is 2. The molecule has 0 bridgehead atoms. The molecule has 26 heavy (non-hydrogen) atoms. The molecule has 0 saturated carbocycles. The second kappa shape index (κ2) is 8.05. The first-order valence-corrected chi connectivity index (χ1v) is 10.00. The third-order valence-electron chi connectivity index (χ3n) is 5.90. The van der Waals surface area contributed by atoms with Crippen molar-refractivity contribution < 1.29 is 4.79 Å². The monoisotopic (exact) mass is 348 g/mol. The number of benzene rings is 2. The van der Waals surface area contributed by atoms with E-state index in [1.807, 2.05) is 36.5 Å². The number of allylic oxidation sites excluding steroid dienone is 1. The van der Waals surface area contributed by atoms with Crippen LogP contribution < -0.4 is 0 Å². The molecule has 0 unspecified atom stereocenters. The van der Waals surface area contributed by atoms with Crippen LogP contribution >= 0.6 is 0 Å². The van der Waals surface area contributed by atoms with E-state index < -0.39 is 0 Å². The summed E-state index contributed by atoms with van der Waals surface area (Å²) in [6, 6.07) is 14.8. The zero-order valence-corrected chi connectivity index (χ0v) is 15.4. The second-order valence-electron chi connectivity index (χ2n) is 7.57. The fourth-order valence-electron chi connectivity index (χ4n) is 4.39. The van der Waals surface area contributed by atoms with E-state index in [2.05, 4.69) is 21.9 Å². The maximum atomic E-state index is 12.7. The molecule has 0 aromatic heterocycles. The molecule has 0 atom stereocenters. The molecule has 0 N–H and O–H groups in total. The minimum absolute atomic E-state index is 0.0972. The van der Waals surface area contributed by atoms with Crippen molar-refractivity contribution in [3.63, 3.8) is 0 Å². The van der Waals surface area contributed by atoms with Crippen LogP contribution in [0.25, 0.3) is 10.8 Å². The molecule has 2 aliphatic rings. The quantitative estimate of drug-likeness (QED) is 0.601. The topological polar surface area (TPSA) is 23.6 Å². The number of rotatable bonds is 4. The molecule has 136 valence electrons. The van der Waals surface area contributed by atoms with Crippen LogP contribution in [-0.4, -0.2) is 47.8 Å². The number of hydrogen-bond acceptors (Lipinski definition) is 3. The lowest BCUT2D eigenvalue weighted by Crippen LogP contribution is -2.45. The van der Waals surface area contributed by atoms with Crippen molar-refractivity contribution in [2.24, 2.45) is 0 Å². The lowest BCUT2D eigenvalue weighted by Gasteiger charge is -2.40. The van der Waals surface area contributed by atoms with Gasteiger partial charge in [0.25, 0.3) is 0 Å². The zero-order chi connectivity index (χ0) is 17.8. The standard InChI is InChI=1S/C23H28N2O/c26-23(22-10-6-8-19-7-2-3-9-21(19)22)13-18-24-16-11-20(12-17-24)25-14-4-1-5-15-25/h2-3,6-10,13,18,20H,1,4-5,11-12,14-17H2. The predicted octanol–water partition coefficient (Wildman–Crippen LogP) is 4.49. The lowest BCUT2D eigenvalue weighted by atomic mass is 9.99. The molecule has 2 heterocycles. The summed E-state index contributed by atoms with van der Waals surface area (Å²) >= 11 is 0. The number of carbonyl (C=O) groups excluding carboxylic acids is 1. The summed E-state index contributed by atoms with van der Waals surface area (Å²) in [6.07, 6.45) is 10.3. The Morgan fingerprint density at radius 3 is 2.42 bits per heavy atom. The van der Waals surface area contributed by atoms with Crippen molar-refractivity contribution in [3.05, 3.63) is 60.3 Å². The van der Waals surface area contributed by atoms with Crippen LogP contribution in [-0.2, 0) is 0 Å². The summed E-state index contributed by atoms with van der Waals surface area (Å²) in [5.41, 5.74) is 0.794. The SMILES string of the molecule is O=C(C=CN1CCC(N2CCCCC2)CC1)c1cccc2ccccc12. The summed E-state index contributed by atoms with van der Waals surface area (Å²) in [5.74, 6) is 0.0972. The van der Waals surface area contributed by atoms with Crippen LogP contribution in [0.1, 0.15) is 42.5 Å². The first-order valence-electron chi connectivity index (χ1n) is 10.00. The van der Waals surface area contributed by atoms with Crippen LogP contribution in [0, 0.1) is 0 Å². The van der Waals surface area contributed by atoms with Gasteiger partial charge in [-0.25, -0.2) is 0 Å². The largest absolute Gasteiger partial charge is 0.377 e. The fourth-order valence-corrected chi connectivity index (χ4v) is 4.39. The molecule has 0 aliphatic carbocycles. The number of carbonyl (C=O) groups is 1. The van der Waals surface area contributed by atoms with Crippen LogP contribution in [0.15, 0.2) is 54.7 Å². The van der Waals surface area contributed by atoms with Crippen LogP contribution in [0.5, 0.6) is 0 Å². The van der Waals surface area contributed by atoms with Crippen molar-refractivity contribution in [2.75, 3.05) is 26.2 Å². The summed E-state index contributed by atoms with van der Waals surface area (Å²) in [4.78, 5) is 17.7. The summed E-state index contributed by atoms with van der Waals surface area (Å²) in [5, 5.41) is 2.16. The Kier molecular flexibility index (Phi) is 5.35. The van der Waals surface area contributed by atoms with Gasteiger partial charge in [-0.3, -0.25) is 4.79 Å². The maximum Gasteiger partial charge on any atom is 0.187 e. The Bertz CT molecular complexity index is 778. The van der Waals surface area contributed by atoms with Crippen molar-refractivity contribution >= 4 is 16.6 Å². The summed E-state index contributed by atoms with van der Waals surface area (Å²) in [7, 11) is 0. The highest BCUT2D eigenvalue weighted by atomic mass is 16.1. The van der Waals surface area contributed by atoms with Crippen LogP contribution in [0.4, 0.5) is 0 Å². The normalized spacial score (nSPS) is 20.1. The van der Waals surface area contributed by atoms with E-state index >= 15 is 0 Å². The highest BCUT2D eigenvalue weighted by Gasteiger charge is 2.24. The highest BCUT2D eigenvalue weighted by molar-refractivity contribution is 6.13. The number of hydrogen-bond donors (Lipinski definition) is 0. The number of piperidine rings is 2. The Hall–Kier alpha value is -2.13. The second-order valence-corrected chi connectivity index (χ2v) is 7.57. The molecule has 3 heteroatoms. The van der Waals surface area contributed by atoms with Gasteiger partial charge in [0.05, 0.1) is 0 Å². The smallest absolute Gasteiger partial charge is 0.187 e. The van der Waals surface area contributed by atoms with Gasteiger partial charge < -0.3 is 9.80 Å². The van der Waals surface area contributed by atoms with E-state index in [4.69, 9.17) is 0 Å². The van der Waals surface area contributed by atoms with Crippen molar-refractivity contribution in [1.82, 2.24) is 9.80 Å². The van der Waals surface area contributed by atoms with Gasteiger partial charge in [0, 0.05) is 37.0 Å². The molecule has 0 amide bonds. The van der Waals surface area contributed by atoms with Crippen molar-refractivity contribution in [2.45, 2.75) is 38.1 Å². The minimum Gasteiger partial charge on any atom is -0.377 e. The number of likely N-dealkylation sites (tertiary alicyclic amines) is 2. The van der Waals surface area contributed by atoms with E-state index in [-0.39, 0.29) is 5.78 Å². The Balaban J connectivity index is 1.37. The molecule has 2 aromatic rings. The first kappa shape index (κ1) is 17.3. The predicted molar refractivity (Wildman–Crippen MR) is 107 cm³/mol. The van der Waals surface area contributed by atoms with Crippen LogP contribution in [0.3, 0.4) is 0 Å². The summed E-state index contributed by atoms with van der Waals surface area (Å²) in [6.45, 7) is 4.67. The molecule has 2 aliphatic heterocycles. The van der Waals surface area contributed by atoms with Gasteiger partial charge in [-0.1, -0.05) is 48.9 Å². The molecule has 0 spiro atoms. The highest BCUT2D eigenvalue weighted by Crippen LogP contribution is 2.22. The van der Waals surface area contributed by atoms with E-state index in [9.17, 15) is 4.79 Å². The average Bonchev–Trinajstić information content (AvgIpc) is 2.72. The zero-order valence-electron chi connectivity index (χ0n) is 15.4. The molecule has 0 radical (unpaired) electrons. The Morgan fingerprint density at radius 1 is 0.885 bits per heavy atom. The van der Waals surface area contributed by atoms with Gasteiger partial charge in [0.2, 0.25) is 0 Å². The number of ketones is 1. The van der Waals surface area contributed by atoms with Crippen molar-refractivity contribution in [3.8, 4) is 0 Å². The van der Waals surface area contributed by atoms with E-state index in [1.165, 1.54) is 45.2 Å². The minimum atomic E-state index is 0.0972.